The summed E-state index contributed by atoms with van der Waals surface area (Å²) in [6, 6.07) is 8.17. The number of aromatic nitrogens is 3. The van der Waals surface area contributed by atoms with Gasteiger partial charge in [0.1, 0.15) is 0 Å². The highest BCUT2D eigenvalue weighted by Gasteiger charge is 2.02. The fraction of sp³-hybridized carbons (Fsp3) is 0.357. The number of aliphatic imine (C=N–C) groups is 1. The van der Waals surface area contributed by atoms with Crippen LogP contribution in [0.5, 0.6) is 0 Å². The van der Waals surface area contributed by atoms with Crippen LogP contribution in [0.1, 0.15) is 31.0 Å². The van der Waals surface area contributed by atoms with Crippen molar-refractivity contribution < 1.29 is 0 Å². The van der Waals surface area contributed by atoms with E-state index < -0.39 is 0 Å². The average molecular weight is 272 g/mol. The Labute approximate surface area is 118 Å². The molecule has 6 nitrogen and oxygen atoms in total. The molecule has 0 aliphatic rings. The Morgan fingerprint density at radius 2 is 2.25 bits per heavy atom. The minimum absolute atomic E-state index is 0.382. The number of guanidine groups is 1. The van der Waals surface area contributed by atoms with Crippen molar-refractivity contribution in [3.05, 3.63) is 41.7 Å². The standard InChI is InChI=1S/C14H20N6/c1-10(2)11-5-4-6-12(7-11)18-14(15)16-8-13-9-17-19-20(13)3/h4-7,9-10H,8H2,1-3H3,(H3,15,16,18). The monoisotopic (exact) mass is 272 g/mol. The first-order valence-corrected chi connectivity index (χ1v) is 6.56. The molecule has 2 aromatic rings. The molecule has 0 spiro atoms. The second-order valence-corrected chi connectivity index (χ2v) is 4.96. The van der Waals surface area contributed by atoms with Crippen molar-refractivity contribution in [3.8, 4) is 0 Å². The quantitative estimate of drug-likeness (QED) is 0.657. The molecule has 1 aromatic heterocycles. The molecule has 0 fully saturated rings. The molecule has 2 rings (SSSR count). The van der Waals surface area contributed by atoms with E-state index in [0.29, 0.717) is 18.4 Å². The SMILES string of the molecule is CC(C)c1cccc(NC(N)=NCc2cnnn2C)c1. The summed E-state index contributed by atoms with van der Waals surface area (Å²) in [4.78, 5) is 4.28. The van der Waals surface area contributed by atoms with E-state index in [2.05, 4.69) is 46.6 Å². The van der Waals surface area contributed by atoms with E-state index in [4.69, 9.17) is 5.73 Å². The maximum absolute atomic E-state index is 5.89. The normalized spacial score (nSPS) is 11.9. The van der Waals surface area contributed by atoms with Crippen LogP contribution >= 0.6 is 0 Å². The lowest BCUT2D eigenvalue weighted by molar-refractivity contribution is 0.678. The van der Waals surface area contributed by atoms with Crippen molar-refractivity contribution in [3.63, 3.8) is 0 Å². The maximum atomic E-state index is 5.89. The zero-order valence-corrected chi connectivity index (χ0v) is 12.0. The fourth-order valence-electron chi connectivity index (χ4n) is 1.78. The lowest BCUT2D eigenvalue weighted by Gasteiger charge is -2.09. The van der Waals surface area contributed by atoms with Crippen molar-refractivity contribution in [1.29, 1.82) is 0 Å². The maximum Gasteiger partial charge on any atom is 0.193 e. The lowest BCUT2D eigenvalue weighted by atomic mass is 10.0. The van der Waals surface area contributed by atoms with E-state index in [1.807, 2.05) is 19.2 Å². The summed E-state index contributed by atoms with van der Waals surface area (Å²) in [6.07, 6.45) is 1.68. The summed E-state index contributed by atoms with van der Waals surface area (Å²) in [7, 11) is 1.83. The van der Waals surface area contributed by atoms with Crippen LogP contribution < -0.4 is 11.1 Å². The molecule has 1 aromatic carbocycles. The van der Waals surface area contributed by atoms with Crippen LogP contribution in [-0.4, -0.2) is 21.0 Å². The van der Waals surface area contributed by atoms with Crippen LogP contribution in [0, 0.1) is 0 Å². The second-order valence-electron chi connectivity index (χ2n) is 4.96. The number of hydrogen-bond acceptors (Lipinski definition) is 3. The molecule has 0 unspecified atom stereocenters. The largest absolute Gasteiger partial charge is 0.370 e. The highest BCUT2D eigenvalue weighted by atomic mass is 15.4. The summed E-state index contributed by atoms with van der Waals surface area (Å²) in [6.45, 7) is 4.77. The van der Waals surface area contributed by atoms with Crippen molar-refractivity contribution in [2.75, 3.05) is 5.32 Å². The third kappa shape index (κ3) is 3.57. The Bertz CT molecular complexity index is 599. The van der Waals surface area contributed by atoms with Gasteiger partial charge in [0.15, 0.2) is 5.96 Å². The third-order valence-corrected chi connectivity index (χ3v) is 3.05. The number of rotatable bonds is 4. The number of nitrogens with two attached hydrogens (primary N) is 1. The first-order valence-electron chi connectivity index (χ1n) is 6.56. The first-order chi connectivity index (χ1) is 9.56. The highest BCUT2D eigenvalue weighted by Crippen LogP contribution is 2.18. The average Bonchev–Trinajstić information content (AvgIpc) is 2.82. The van der Waals surface area contributed by atoms with Gasteiger partial charge in [0.05, 0.1) is 18.4 Å². The third-order valence-electron chi connectivity index (χ3n) is 3.05. The zero-order chi connectivity index (χ0) is 14.5. The Kier molecular flexibility index (Phi) is 4.34. The van der Waals surface area contributed by atoms with Gasteiger partial charge in [-0.05, 0) is 23.6 Å². The zero-order valence-electron chi connectivity index (χ0n) is 12.0. The molecular weight excluding hydrogens is 252 g/mol. The molecule has 0 aliphatic carbocycles. The Morgan fingerprint density at radius 3 is 2.90 bits per heavy atom. The fourth-order valence-corrected chi connectivity index (χ4v) is 1.78. The molecule has 106 valence electrons. The van der Waals surface area contributed by atoms with Crippen molar-refractivity contribution in [2.45, 2.75) is 26.3 Å². The van der Waals surface area contributed by atoms with Gasteiger partial charge in [0.2, 0.25) is 0 Å². The number of benzene rings is 1. The van der Waals surface area contributed by atoms with Gasteiger partial charge in [-0.15, -0.1) is 5.10 Å². The van der Waals surface area contributed by atoms with Crippen LogP contribution in [0.15, 0.2) is 35.5 Å². The molecule has 0 saturated carbocycles. The number of hydrogen-bond donors (Lipinski definition) is 2. The minimum Gasteiger partial charge on any atom is -0.370 e. The first kappa shape index (κ1) is 14.0. The van der Waals surface area contributed by atoms with E-state index in [1.165, 1.54) is 5.56 Å². The molecule has 0 saturated heterocycles. The second kappa shape index (κ2) is 6.18. The van der Waals surface area contributed by atoms with E-state index in [9.17, 15) is 0 Å². The minimum atomic E-state index is 0.382. The molecule has 0 atom stereocenters. The van der Waals surface area contributed by atoms with Gasteiger partial charge >= 0.3 is 0 Å². The topological polar surface area (TPSA) is 81.1 Å². The molecular formula is C14H20N6. The Balaban J connectivity index is 2.02. The molecule has 0 bridgehead atoms. The van der Waals surface area contributed by atoms with Crippen molar-refractivity contribution >= 4 is 11.6 Å². The van der Waals surface area contributed by atoms with Crippen molar-refractivity contribution in [1.82, 2.24) is 15.0 Å². The number of nitrogens with zero attached hydrogens (tertiary/aromatic N) is 4. The molecule has 0 amide bonds. The van der Waals surface area contributed by atoms with E-state index in [-0.39, 0.29) is 0 Å². The number of aryl methyl sites for hydroxylation is 1. The van der Waals surface area contributed by atoms with E-state index >= 15 is 0 Å². The molecule has 3 N–H and O–H groups in total. The number of nitrogens with one attached hydrogen (secondary N) is 1. The summed E-state index contributed by atoms with van der Waals surface area (Å²) < 4.78 is 1.68. The molecule has 0 aliphatic heterocycles. The van der Waals surface area contributed by atoms with E-state index in [0.717, 1.165) is 11.4 Å². The van der Waals surface area contributed by atoms with Gasteiger partial charge in [-0.25, -0.2) is 4.99 Å². The van der Waals surface area contributed by atoms with Crippen LogP contribution in [0.2, 0.25) is 0 Å². The van der Waals surface area contributed by atoms with Crippen LogP contribution in [-0.2, 0) is 13.6 Å². The molecule has 20 heavy (non-hydrogen) atoms. The Hall–Kier alpha value is -2.37. The lowest BCUT2D eigenvalue weighted by Crippen LogP contribution is -2.22. The summed E-state index contributed by atoms with van der Waals surface area (Å²) in [5.74, 6) is 0.863. The van der Waals surface area contributed by atoms with Crippen molar-refractivity contribution in [2.24, 2.45) is 17.8 Å². The summed E-state index contributed by atoms with van der Waals surface area (Å²) in [5, 5.41) is 10.7. The summed E-state index contributed by atoms with van der Waals surface area (Å²) >= 11 is 0. The number of anilines is 1. The predicted octanol–water partition coefficient (Wildman–Crippen LogP) is 1.87. The van der Waals surface area contributed by atoms with Gasteiger partial charge in [-0.3, -0.25) is 4.68 Å². The van der Waals surface area contributed by atoms with Gasteiger partial charge in [0.25, 0.3) is 0 Å². The summed E-state index contributed by atoms with van der Waals surface area (Å²) in [5.41, 5.74) is 9.00. The van der Waals surface area contributed by atoms with Gasteiger partial charge in [-0.1, -0.05) is 31.2 Å². The van der Waals surface area contributed by atoms with Crippen LogP contribution in [0.25, 0.3) is 0 Å². The molecule has 6 heteroatoms. The molecule has 1 heterocycles. The smallest absolute Gasteiger partial charge is 0.193 e. The predicted molar refractivity (Wildman–Crippen MR) is 80.5 cm³/mol. The highest BCUT2D eigenvalue weighted by molar-refractivity contribution is 5.92. The van der Waals surface area contributed by atoms with Gasteiger partial charge in [-0.2, -0.15) is 0 Å². The Morgan fingerprint density at radius 1 is 1.45 bits per heavy atom. The van der Waals surface area contributed by atoms with Gasteiger partial charge in [0, 0.05) is 12.7 Å². The van der Waals surface area contributed by atoms with Gasteiger partial charge < -0.3 is 11.1 Å². The molecule has 0 radical (unpaired) electrons. The van der Waals surface area contributed by atoms with E-state index in [1.54, 1.807) is 10.9 Å². The van der Waals surface area contributed by atoms with Crippen LogP contribution in [0.3, 0.4) is 0 Å². The van der Waals surface area contributed by atoms with Crippen LogP contribution in [0.4, 0.5) is 5.69 Å².